The van der Waals surface area contributed by atoms with Crippen LogP contribution in [0.2, 0.25) is 0 Å². The van der Waals surface area contributed by atoms with Crippen molar-refractivity contribution in [1.82, 2.24) is 14.8 Å². The molecule has 120 valence electrons. The molecule has 2 aromatic rings. The monoisotopic (exact) mass is 313 g/mol. The average molecular weight is 313 g/mol. The lowest BCUT2D eigenvalue weighted by Crippen LogP contribution is -2.51. The van der Waals surface area contributed by atoms with Gasteiger partial charge in [0.05, 0.1) is 6.54 Å². The maximum Gasteiger partial charge on any atom is 0.410 e. The van der Waals surface area contributed by atoms with Gasteiger partial charge in [0.2, 0.25) is 5.91 Å². The zero-order chi connectivity index (χ0) is 16.1. The van der Waals surface area contributed by atoms with Gasteiger partial charge in [-0.15, -0.1) is 0 Å². The number of benzene rings is 1. The Bertz CT molecular complexity index is 655. The number of ether oxygens (including phenoxy) is 1. The number of hydrogen-bond acceptors (Lipinski definition) is 3. The summed E-state index contributed by atoms with van der Waals surface area (Å²) < 4.78 is 5.27. The van der Waals surface area contributed by atoms with Gasteiger partial charge >= 0.3 is 6.09 Å². The molecular formula is C17H19N3O3. The molecule has 0 bridgehead atoms. The maximum absolute atomic E-state index is 12.2. The molecule has 0 atom stereocenters. The summed E-state index contributed by atoms with van der Waals surface area (Å²) in [5.41, 5.74) is 1.91. The molecule has 1 saturated heterocycles. The number of aromatic amines is 1. The lowest BCUT2D eigenvalue weighted by molar-refractivity contribution is -0.136. The second-order valence-electron chi connectivity index (χ2n) is 5.47. The Morgan fingerprint density at radius 3 is 2.65 bits per heavy atom. The summed E-state index contributed by atoms with van der Waals surface area (Å²) in [6, 6.07) is 13.3. The average Bonchev–Trinajstić information content (AvgIpc) is 3.08. The van der Waals surface area contributed by atoms with Crippen LogP contribution in [0.1, 0.15) is 11.3 Å². The van der Waals surface area contributed by atoms with Crippen LogP contribution in [0.4, 0.5) is 4.79 Å². The van der Waals surface area contributed by atoms with Crippen LogP contribution in [0.15, 0.2) is 48.7 Å². The zero-order valence-corrected chi connectivity index (χ0v) is 12.8. The van der Waals surface area contributed by atoms with Crippen molar-refractivity contribution >= 4 is 12.0 Å². The lowest BCUT2D eigenvalue weighted by Gasteiger charge is -2.33. The fourth-order valence-electron chi connectivity index (χ4n) is 2.51. The van der Waals surface area contributed by atoms with E-state index >= 15 is 0 Å². The number of H-pyrrole nitrogens is 1. The fourth-order valence-corrected chi connectivity index (χ4v) is 2.51. The molecule has 1 aliphatic rings. The van der Waals surface area contributed by atoms with Gasteiger partial charge in [0.25, 0.3) is 0 Å². The number of hydrogen-bond donors (Lipinski definition) is 1. The molecule has 3 rings (SSSR count). The number of nitrogens with one attached hydrogen (secondary N) is 1. The molecule has 2 amide bonds. The Morgan fingerprint density at radius 1 is 1.13 bits per heavy atom. The molecule has 6 heteroatoms. The van der Waals surface area contributed by atoms with Gasteiger partial charge in [-0.25, -0.2) is 4.79 Å². The number of rotatable bonds is 4. The van der Waals surface area contributed by atoms with Crippen molar-refractivity contribution in [3.63, 3.8) is 0 Å². The third-order valence-electron chi connectivity index (χ3n) is 3.81. The van der Waals surface area contributed by atoms with E-state index in [2.05, 4.69) is 4.98 Å². The topological polar surface area (TPSA) is 65.6 Å². The Kier molecular flexibility index (Phi) is 4.61. The van der Waals surface area contributed by atoms with E-state index in [1.54, 1.807) is 4.90 Å². The van der Waals surface area contributed by atoms with Crippen LogP contribution < -0.4 is 0 Å². The van der Waals surface area contributed by atoms with Crippen LogP contribution in [0.25, 0.3) is 0 Å². The Balaban J connectivity index is 1.49. The summed E-state index contributed by atoms with van der Waals surface area (Å²) in [5, 5.41) is 0. The van der Waals surface area contributed by atoms with Crippen molar-refractivity contribution in [3.05, 3.63) is 59.9 Å². The van der Waals surface area contributed by atoms with Crippen molar-refractivity contribution in [3.8, 4) is 0 Å². The smallest absolute Gasteiger partial charge is 0.410 e. The van der Waals surface area contributed by atoms with Gasteiger partial charge in [0.1, 0.15) is 13.2 Å². The molecule has 0 spiro atoms. The molecular weight excluding hydrogens is 294 g/mol. The first-order valence-electron chi connectivity index (χ1n) is 7.58. The van der Waals surface area contributed by atoms with Gasteiger partial charge in [-0.3, -0.25) is 9.69 Å². The van der Waals surface area contributed by atoms with E-state index in [4.69, 9.17) is 4.74 Å². The highest BCUT2D eigenvalue weighted by Crippen LogP contribution is 2.10. The molecule has 23 heavy (non-hydrogen) atoms. The van der Waals surface area contributed by atoms with Crippen molar-refractivity contribution in [2.75, 3.05) is 19.6 Å². The first kappa shape index (κ1) is 15.1. The SMILES string of the molecule is O=C1CN(C(=O)OCc2ccccc2)CCN1Cc1ccc[nH]1. The summed E-state index contributed by atoms with van der Waals surface area (Å²) >= 11 is 0. The van der Waals surface area contributed by atoms with Crippen LogP contribution in [0.5, 0.6) is 0 Å². The zero-order valence-electron chi connectivity index (χ0n) is 12.8. The molecule has 1 aromatic carbocycles. The molecule has 1 fully saturated rings. The minimum absolute atomic E-state index is 0.0638. The van der Waals surface area contributed by atoms with E-state index in [0.717, 1.165) is 11.3 Å². The summed E-state index contributed by atoms with van der Waals surface area (Å²) in [4.78, 5) is 30.5. The molecule has 6 nitrogen and oxygen atoms in total. The molecule has 1 aliphatic heterocycles. The predicted octanol–water partition coefficient (Wildman–Crippen LogP) is 2.00. The predicted molar refractivity (Wildman–Crippen MR) is 84.4 cm³/mol. The second-order valence-corrected chi connectivity index (χ2v) is 5.47. The molecule has 1 aromatic heterocycles. The van der Waals surface area contributed by atoms with Gasteiger partial charge in [-0.05, 0) is 17.7 Å². The third-order valence-corrected chi connectivity index (χ3v) is 3.81. The lowest BCUT2D eigenvalue weighted by atomic mass is 10.2. The van der Waals surface area contributed by atoms with E-state index in [1.165, 1.54) is 4.90 Å². The second kappa shape index (κ2) is 7.00. The number of carbonyl (C=O) groups is 2. The summed E-state index contributed by atoms with van der Waals surface area (Å²) in [5.74, 6) is -0.0671. The standard InChI is InChI=1S/C17H19N3O3/c21-16-12-20(10-9-19(16)11-15-7-4-8-18-15)17(22)23-13-14-5-2-1-3-6-14/h1-8,18H,9-13H2. The number of aromatic nitrogens is 1. The summed E-state index contributed by atoms with van der Waals surface area (Å²) in [6.07, 6.45) is 1.39. The summed E-state index contributed by atoms with van der Waals surface area (Å²) in [6.45, 7) is 1.82. The minimum Gasteiger partial charge on any atom is -0.445 e. The number of carbonyl (C=O) groups excluding carboxylic acids is 2. The number of piperazine rings is 1. The fraction of sp³-hybridized carbons (Fsp3) is 0.294. The first-order valence-corrected chi connectivity index (χ1v) is 7.58. The summed E-state index contributed by atoms with van der Waals surface area (Å²) in [7, 11) is 0. The van der Waals surface area contributed by atoms with Gasteiger partial charge in [0.15, 0.2) is 0 Å². The van der Waals surface area contributed by atoms with Crippen molar-refractivity contribution in [2.24, 2.45) is 0 Å². The Hall–Kier alpha value is -2.76. The van der Waals surface area contributed by atoms with Gasteiger partial charge in [-0.1, -0.05) is 30.3 Å². The Morgan fingerprint density at radius 2 is 1.96 bits per heavy atom. The highest BCUT2D eigenvalue weighted by atomic mass is 16.6. The van der Waals surface area contributed by atoms with Crippen molar-refractivity contribution in [1.29, 1.82) is 0 Å². The highest BCUT2D eigenvalue weighted by Gasteiger charge is 2.28. The maximum atomic E-state index is 12.2. The number of nitrogens with zero attached hydrogens (tertiary/aromatic N) is 2. The van der Waals surface area contributed by atoms with E-state index in [0.29, 0.717) is 19.6 Å². The number of amides is 2. The normalized spacial score (nSPS) is 14.9. The van der Waals surface area contributed by atoms with E-state index in [-0.39, 0.29) is 19.1 Å². The van der Waals surface area contributed by atoms with Gasteiger partial charge in [0, 0.05) is 25.0 Å². The van der Waals surface area contributed by atoms with Crippen molar-refractivity contribution in [2.45, 2.75) is 13.2 Å². The van der Waals surface area contributed by atoms with Crippen LogP contribution >= 0.6 is 0 Å². The van der Waals surface area contributed by atoms with E-state index in [1.807, 2.05) is 48.7 Å². The molecule has 0 saturated carbocycles. The van der Waals surface area contributed by atoms with Gasteiger partial charge < -0.3 is 14.6 Å². The molecule has 1 N–H and O–H groups in total. The molecule has 2 heterocycles. The van der Waals surface area contributed by atoms with Crippen molar-refractivity contribution < 1.29 is 14.3 Å². The quantitative estimate of drug-likeness (QED) is 0.939. The van der Waals surface area contributed by atoms with Gasteiger partial charge in [-0.2, -0.15) is 0 Å². The van der Waals surface area contributed by atoms with Crippen LogP contribution in [-0.4, -0.2) is 46.4 Å². The Labute approximate surface area is 134 Å². The largest absolute Gasteiger partial charge is 0.445 e. The van der Waals surface area contributed by atoms with Crippen LogP contribution in [-0.2, 0) is 22.7 Å². The molecule has 0 radical (unpaired) electrons. The van der Waals surface area contributed by atoms with E-state index < -0.39 is 6.09 Å². The third kappa shape index (κ3) is 3.91. The first-order chi connectivity index (χ1) is 11.2. The van der Waals surface area contributed by atoms with Crippen LogP contribution in [0, 0.1) is 0 Å². The van der Waals surface area contributed by atoms with Crippen LogP contribution in [0.3, 0.4) is 0 Å². The minimum atomic E-state index is -0.443. The molecule has 0 unspecified atom stereocenters. The highest BCUT2D eigenvalue weighted by molar-refractivity contribution is 5.83. The van der Waals surface area contributed by atoms with E-state index in [9.17, 15) is 9.59 Å². The molecule has 0 aliphatic carbocycles.